The molecule has 0 bridgehead atoms. The standard InChI is InChI=1S/C19H23ClN2O3S2/c1-14-10-11-15(20)13-17(14)22(27(3,24)25)12-6-9-19(23)21-16-7-4-5-8-18(16)26-2/h4-5,7-8,10-11,13H,6,9,12H2,1-3H3,(H,21,23). The first-order valence-electron chi connectivity index (χ1n) is 8.39. The van der Waals surface area contributed by atoms with E-state index in [4.69, 9.17) is 11.6 Å². The molecular formula is C19H23ClN2O3S2. The molecule has 1 N–H and O–H groups in total. The Morgan fingerprint density at radius 2 is 1.93 bits per heavy atom. The second kappa shape index (κ2) is 9.48. The molecule has 27 heavy (non-hydrogen) atoms. The van der Waals surface area contributed by atoms with Gasteiger partial charge >= 0.3 is 0 Å². The van der Waals surface area contributed by atoms with Gasteiger partial charge in [-0.25, -0.2) is 8.42 Å². The van der Waals surface area contributed by atoms with Crippen LogP contribution < -0.4 is 9.62 Å². The first kappa shape index (κ1) is 21.6. The molecule has 2 aromatic rings. The van der Waals surface area contributed by atoms with Crippen LogP contribution in [0, 0.1) is 6.92 Å². The molecule has 2 rings (SSSR count). The zero-order valence-corrected chi connectivity index (χ0v) is 17.9. The number of benzene rings is 2. The number of hydrogen-bond donors (Lipinski definition) is 1. The number of hydrogen-bond acceptors (Lipinski definition) is 4. The van der Waals surface area contributed by atoms with E-state index in [1.165, 1.54) is 4.31 Å². The fraction of sp³-hybridized carbons (Fsp3) is 0.316. The van der Waals surface area contributed by atoms with Crippen LogP contribution in [0.1, 0.15) is 18.4 Å². The second-order valence-electron chi connectivity index (χ2n) is 6.12. The summed E-state index contributed by atoms with van der Waals surface area (Å²) in [6.07, 6.45) is 3.71. The van der Waals surface area contributed by atoms with Gasteiger partial charge in [0, 0.05) is 22.9 Å². The van der Waals surface area contributed by atoms with Gasteiger partial charge in [0.25, 0.3) is 0 Å². The molecule has 5 nitrogen and oxygen atoms in total. The molecule has 146 valence electrons. The van der Waals surface area contributed by atoms with Crippen molar-refractivity contribution in [3.8, 4) is 0 Å². The number of nitrogens with one attached hydrogen (secondary N) is 1. The highest BCUT2D eigenvalue weighted by molar-refractivity contribution is 7.98. The number of nitrogens with zero attached hydrogens (tertiary/aromatic N) is 1. The maximum atomic E-state index is 12.3. The lowest BCUT2D eigenvalue weighted by Gasteiger charge is -2.24. The molecule has 0 heterocycles. The third-order valence-electron chi connectivity index (χ3n) is 3.99. The third-order valence-corrected chi connectivity index (χ3v) is 6.20. The second-order valence-corrected chi connectivity index (χ2v) is 9.31. The van der Waals surface area contributed by atoms with Gasteiger partial charge in [-0.15, -0.1) is 11.8 Å². The molecule has 1 amide bonds. The minimum atomic E-state index is -3.49. The lowest BCUT2D eigenvalue weighted by Crippen LogP contribution is -2.32. The molecule has 8 heteroatoms. The molecule has 0 aliphatic rings. The van der Waals surface area contributed by atoms with Crippen LogP contribution in [0.25, 0.3) is 0 Å². The van der Waals surface area contributed by atoms with Crippen LogP contribution >= 0.6 is 23.4 Å². The highest BCUT2D eigenvalue weighted by atomic mass is 35.5. The van der Waals surface area contributed by atoms with Crippen molar-refractivity contribution in [2.45, 2.75) is 24.7 Å². The third kappa shape index (κ3) is 6.16. The average Bonchev–Trinajstić information content (AvgIpc) is 2.60. The number of aryl methyl sites for hydroxylation is 1. The predicted molar refractivity (Wildman–Crippen MR) is 114 cm³/mol. The van der Waals surface area contributed by atoms with Crippen LogP contribution in [0.5, 0.6) is 0 Å². The number of para-hydroxylation sites is 1. The predicted octanol–water partition coefficient (Wildman–Crippen LogP) is 4.56. The average molecular weight is 427 g/mol. The Morgan fingerprint density at radius 1 is 1.22 bits per heavy atom. The fourth-order valence-corrected chi connectivity index (χ4v) is 4.39. The van der Waals surface area contributed by atoms with Gasteiger partial charge in [-0.3, -0.25) is 9.10 Å². The number of sulfonamides is 1. The Kier molecular flexibility index (Phi) is 7.59. The summed E-state index contributed by atoms with van der Waals surface area (Å²) in [4.78, 5) is 13.2. The SMILES string of the molecule is CSc1ccccc1NC(=O)CCCN(c1cc(Cl)ccc1C)S(C)(=O)=O. The van der Waals surface area contributed by atoms with Crippen molar-refractivity contribution >= 4 is 50.7 Å². The van der Waals surface area contributed by atoms with E-state index in [1.807, 2.05) is 37.4 Å². The summed E-state index contributed by atoms with van der Waals surface area (Å²) >= 11 is 7.58. The summed E-state index contributed by atoms with van der Waals surface area (Å²) in [5.74, 6) is -0.146. The lowest BCUT2D eigenvalue weighted by molar-refractivity contribution is -0.116. The quantitative estimate of drug-likeness (QED) is 0.628. The van der Waals surface area contributed by atoms with Crippen molar-refractivity contribution < 1.29 is 13.2 Å². The molecule has 0 atom stereocenters. The zero-order chi connectivity index (χ0) is 20.0. The van der Waals surface area contributed by atoms with E-state index in [0.717, 1.165) is 22.4 Å². The molecule has 2 aromatic carbocycles. The monoisotopic (exact) mass is 426 g/mol. The molecule has 0 saturated heterocycles. The van der Waals surface area contributed by atoms with Crippen molar-refractivity contribution in [2.75, 3.05) is 28.7 Å². The number of carbonyl (C=O) groups is 1. The van der Waals surface area contributed by atoms with Crippen LogP contribution in [0.2, 0.25) is 5.02 Å². The Bertz CT molecular complexity index is 917. The topological polar surface area (TPSA) is 66.5 Å². The molecule has 0 radical (unpaired) electrons. The van der Waals surface area contributed by atoms with Crippen molar-refractivity contribution in [3.05, 3.63) is 53.1 Å². The summed E-state index contributed by atoms with van der Waals surface area (Å²) in [5, 5.41) is 3.35. The van der Waals surface area contributed by atoms with Crippen molar-refractivity contribution in [1.82, 2.24) is 0 Å². The molecule has 0 fully saturated rings. The van der Waals surface area contributed by atoms with Crippen molar-refractivity contribution in [2.24, 2.45) is 0 Å². The smallest absolute Gasteiger partial charge is 0.232 e. The number of thioether (sulfide) groups is 1. The largest absolute Gasteiger partial charge is 0.325 e. The van der Waals surface area contributed by atoms with Gasteiger partial charge in [0.05, 0.1) is 17.6 Å². The Hall–Kier alpha value is -1.70. The molecule has 0 saturated carbocycles. The van der Waals surface area contributed by atoms with E-state index in [-0.39, 0.29) is 18.9 Å². The van der Waals surface area contributed by atoms with Crippen molar-refractivity contribution in [1.29, 1.82) is 0 Å². The van der Waals surface area contributed by atoms with Crippen LogP contribution in [0.3, 0.4) is 0 Å². The molecule has 0 aromatic heterocycles. The number of anilines is 2. The summed E-state index contributed by atoms with van der Waals surface area (Å²) < 4.78 is 25.8. The van der Waals surface area contributed by atoms with Gasteiger partial charge < -0.3 is 5.32 Å². The first-order chi connectivity index (χ1) is 12.7. The van der Waals surface area contributed by atoms with E-state index < -0.39 is 10.0 Å². The highest BCUT2D eigenvalue weighted by Gasteiger charge is 2.20. The van der Waals surface area contributed by atoms with Gasteiger partial charge in [0.15, 0.2) is 0 Å². The Labute approximate surface area is 170 Å². The summed E-state index contributed by atoms with van der Waals surface area (Å²) in [6, 6.07) is 12.7. The summed E-state index contributed by atoms with van der Waals surface area (Å²) in [5.41, 5.74) is 2.11. The van der Waals surface area contributed by atoms with Gasteiger partial charge in [-0.2, -0.15) is 0 Å². The van der Waals surface area contributed by atoms with Crippen LogP contribution in [-0.2, 0) is 14.8 Å². The fourth-order valence-electron chi connectivity index (χ4n) is 2.66. The maximum absolute atomic E-state index is 12.3. The van der Waals surface area contributed by atoms with E-state index in [0.29, 0.717) is 17.1 Å². The number of carbonyl (C=O) groups excluding carboxylic acids is 1. The van der Waals surface area contributed by atoms with Gasteiger partial charge in [-0.05, 0) is 49.4 Å². The minimum absolute atomic E-state index is 0.146. The van der Waals surface area contributed by atoms with Crippen LogP contribution in [0.4, 0.5) is 11.4 Å². The number of amides is 1. The van der Waals surface area contributed by atoms with Crippen LogP contribution in [0.15, 0.2) is 47.4 Å². The van der Waals surface area contributed by atoms with E-state index >= 15 is 0 Å². The lowest BCUT2D eigenvalue weighted by atomic mass is 10.2. The summed E-state index contributed by atoms with van der Waals surface area (Å²) in [7, 11) is -3.49. The molecule has 0 spiro atoms. The molecule has 0 unspecified atom stereocenters. The Morgan fingerprint density at radius 3 is 2.59 bits per heavy atom. The van der Waals surface area contributed by atoms with E-state index in [1.54, 1.807) is 30.0 Å². The highest BCUT2D eigenvalue weighted by Crippen LogP contribution is 2.27. The maximum Gasteiger partial charge on any atom is 0.232 e. The van der Waals surface area contributed by atoms with E-state index in [9.17, 15) is 13.2 Å². The normalized spacial score (nSPS) is 11.3. The number of rotatable bonds is 8. The minimum Gasteiger partial charge on any atom is -0.325 e. The molecular weight excluding hydrogens is 404 g/mol. The molecule has 0 aliphatic carbocycles. The van der Waals surface area contributed by atoms with Crippen molar-refractivity contribution in [3.63, 3.8) is 0 Å². The summed E-state index contributed by atoms with van der Waals surface area (Å²) in [6.45, 7) is 2.04. The van der Waals surface area contributed by atoms with Gasteiger partial charge in [0.2, 0.25) is 15.9 Å². The van der Waals surface area contributed by atoms with Crippen LogP contribution in [-0.4, -0.2) is 33.4 Å². The molecule has 0 aliphatic heterocycles. The Balaban J connectivity index is 2.04. The zero-order valence-electron chi connectivity index (χ0n) is 15.5. The van der Waals surface area contributed by atoms with Gasteiger partial charge in [-0.1, -0.05) is 29.8 Å². The number of halogens is 1. The van der Waals surface area contributed by atoms with Gasteiger partial charge in [0.1, 0.15) is 0 Å². The first-order valence-corrected chi connectivity index (χ1v) is 11.8. The van der Waals surface area contributed by atoms with E-state index in [2.05, 4.69) is 5.32 Å².